The molecular weight excluding hydrogens is 333 g/mol. The molecule has 0 radical (unpaired) electrons. The molecule has 0 aromatic carbocycles. The van der Waals surface area contributed by atoms with Crippen molar-refractivity contribution in [3.63, 3.8) is 0 Å². The average molecular weight is 359 g/mol. The van der Waals surface area contributed by atoms with Crippen LogP contribution in [0.4, 0.5) is 4.79 Å². The zero-order valence-electron chi connectivity index (χ0n) is 14.2. The van der Waals surface area contributed by atoms with Gasteiger partial charge >= 0.3 is 6.03 Å². The van der Waals surface area contributed by atoms with Crippen LogP contribution < -0.4 is 16.7 Å². The van der Waals surface area contributed by atoms with E-state index in [1.165, 1.54) is 6.21 Å². The number of amides is 2. The predicted molar refractivity (Wildman–Crippen MR) is 98.8 cm³/mol. The van der Waals surface area contributed by atoms with Gasteiger partial charge in [-0.15, -0.1) is 0 Å². The molecule has 1 heterocycles. The monoisotopic (exact) mass is 359 g/mol. The second kappa shape index (κ2) is 9.17. The molecule has 0 unspecified atom stereocenters. The van der Waals surface area contributed by atoms with Gasteiger partial charge in [-0.25, -0.2) is 10.2 Å². The minimum atomic E-state index is -2.16. The van der Waals surface area contributed by atoms with E-state index in [2.05, 4.69) is 47.6 Å². The molecule has 0 bridgehead atoms. The topological polar surface area (TPSA) is 87.1 Å². The second-order valence-corrected chi connectivity index (χ2v) is 8.92. The highest BCUT2D eigenvalue weighted by atomic mass is 32.4. The van der Waals surface area contributed by atoms with E-state index in [-0.39, 0.29) is 0 Å². The van der Waals surface area contributed by atoms with Gasteiger partial charge in [-0.3, -0.25) is 9.34 Å². The van der Waals surface area contributed by atoms with Crippen LogP contribution in [0.15, 0.2) is 21.7 Å². The molecule has 0 fully saturated rings. The third-order valence-corrected chi connectivity index (χ3v) is 8.90. The van der Waals surface area contributed by atoms with Crippen LogP contribution in [-0.4, -0.2) is 47.8 Å². The minimum Gasteiger partial charge on any atom is -0.452 e. The Morgan fingerprint density at radius 2 is 1.78 bits per heavy atom. The number of carbonyl (C=O) groups excluding carboxylic acids is 1. The average Bonchev–Trinajstić information content (AvgIpc) is 2.98. The van der Waals surface area contributed by atoms with Gasteiger partial charge in [0.25, 0.3) is 0 Å². The summed E-state index contributed by atoms with van der Waals surface area (Å²) in [5.41, 5.74) is 7.88. The van der Waals surface area contributed by atoms with Crippen molar-refractivity contribution in [3.8, 4) is 0 Å². The molecular formula is C14H26N5O2PS. The van der Waals surface area contributed by atoms with Gasteiger partial charge in [0.15, 0.2) is 5.50 Å². The first-order valence-corrected chi connectivity index (χ1v) is 10.4. The van der Waals surface area contributed by atoms with Gasteiger partial charge in [0, 0.05) is 26.2 Å². The summed E-state index contributed by atoms with van der Waals surface area (Å²) in [6, 6.07) is 2.99. The van der Waals surface area contributed by atoms with Crippen molar-refractivity contribution in [2.75, 3.05) is 26.2 Å². The molecule has 1 aromatic rings. The van der Waals surface area contributed by atoms with E-state index in [9.17, 15) is 4.79 Å². The molecule has 7 nitrogen and oxygen atoms in total. The molecule has 1 rings (SSSR count). The van der Waals surface area contributed by atoms with Crippen molar-refractivity contribution in [2.45, 2.75) is 27.7 Å². The van der Waals surface area contributed by atoms with Crippen molar-refractivity contribution in [2.24, 2.45) is 10.8 Å². The maximum absolute atomic E-state index is 10.6. The van der Waals surface area contributed by atoms with Gasteiger partial charge in [0.1, 0.15) is 12.1 Å². The smallest absolute Gasteiger partial charge is 0.332 e. The van der Waals surface area contributed by atoms with E-state index >= 15 is 0 Å². The Bertz CT molecular complexity index is 565. The Hall–Kier alpha value is -1.21. The third kappa shape index (κ3) is 4.64. The maximum atomic E-state index is 10.6. The molecule has 23 heavy (non-hydrogen) atoms. The van der Waals surface area contributed by atoms with E-state index < -0.39 is 12.4 Å². The van der Waals surface area contributed by atoms with Crippen molar-refractivity contribution in [1.29, 1.82) is 0 Å². The lowest BCUT2D eigenvalue weighted by Crippen LogP contribution is -2.36. The Labute approximate surface area is 143 Å². The minimum absolute atomic E-state index is 0.530. The van der Waals surface area contributed by atoms with E-state index in [0.29, 0.717) is 5.76 Å². The van der Waals surface area contributed by atoms with Crippen molar-refractivity contribution in [1.82, 2.24) is 14.8 Å². The second-order valence-electron chi connectivity index (χ2n) is 4.73. The number of carbonyl (C=O) groups is 1. The fourth-order valence-electron chi connectivity index (χ4n) is 2.40. The molecule has 130 valence electrons. The lowest BCUT2D eigenvalue weighted by atomic mass is 10.5. The lowest BCUT2D eigenvalue weighted by Gasteiger charge is -2.39. The number of hydrogen-bond acceptors (Lipinski definition) is 4. The molecule has 3 N–H and O–H groups in total. The number of nitrogens with zero attached hydrogens (tertiary/aromatic N) is 3. The Morgan fingerprint density at radius 3 is 2.22 bits per heavy atom. The van der Waals surface area contributed by atoms with Crippen LogP contribution in [-0.2, 0) is 11.8 Å². The van der Waals surface area contributed by atoms with Crippen LogP contribution in [0, 0.1) is 0 Å². The summed E-state index contributed by atoms with van der Waals surface area (Å²) in [5, 5.41) is 3.71. The number of primary amides is 1. The van der Waals surface area contributed by atoms with Crippen molar-refractivity contribution < 1.29 is 9.21 Å². The quantitative estimate of drug-likeness (QED) is 0.399. The fourth-order valence-corrected chi connectivity index (χ4v) is 7.02. The van der Waals surface area contributed by atoms with Gasteiger partial charge in [0.2, 0.25) is 0 Å². The predicted octanol–water partition coefficient (Wildman–Crippen LogP) is 1.90. The standard InChI is InChI=1S/C14H26N5O2PS/c1-5-18(6-2)22(23,19(7-3)8-4)13-10-9-12(21-13)11-16-17-14(15)20/h9-11H,5-8H2,1-4H3,(H3,15,17,20). The number of hydrogen-bond donors (Lipinski definition) is 2. The number of nitrogens with two attached hydrogens (primary N) is 1. The van der Waals surface area contributed by atoms with Gasteiger partial charge < -0.3 is 10.2 Å². The largest absolute Gasteiger partial charge is 0.452 e. The Kier molecular flexibility index (Phi) is 7.91. The van der Waals surface area contributed by atoms with E-state index in [1.807, 2.05) is 6.07 Å². The van der Waals surface area contributed by atoms with E-state index in [1.54, 1.807) is 6.07 Å². The Morgan fingerprint density at radius 1 is 1.26 bits per heavy atom. The van der Waals surface area contributed by atoms with Crippen molar-refractivity contribution in [3.05, 3.63) is 17.9 Å². The van der Waals surface area contributed by atoms with Crippen LogP contribution in [0.2, 0.25) is 0 Å². The fraction of sp³-hybridized carbons (Fsp3) is 0.571. The normalized spacial score (nSPS) is 12.4. The highest BCUT2D eigenvalue weighted by Crippen LogP contribution is 2.52. The summed E-state index contributed by atoms with van der Waals surface area (Å²) in [5.74, 6) is 0.530. The first-order chi connectivity index (χ1) is 10.9. The van der Waals surface area contributed by atoms with Gasteiger partial charge in [-0.1, -0.05) is 39.5 Å². The third-order valence-electron chi connectivity index (χ3n) is 3.49. The number of rotatable bonds is 9. The SMILES string of the molecule is CCN(CC)P(=S)(c1ccc(C=NNC(N)=O)o1)N(CC)CC. The van der Waals surface area contributed by atoms with E-state index in [4.69, 9.17) is 22.0 Å². The lowest BCUT2D eigenvalue weighted by molar-refractivity contribution is 0.249. The molecule has 0 aliphatic rings. The molecule has 0 aliphatic carbocycles. The molecule has 0 atom stereocenters. The summed E-state index contributed by atoms with van der Waals surface area (Å²) in [6.07, 6.45) is -0.748. The van der Waals surface area contributed by atoms with Gasteiger partial charge in [-0.2, -0.15) is 5.10 Å². The summed E-state index contributed by atoms with van der Waals surface area (Å²) < 4.78 is 10.5. The number of hydrazone groups is 1. The first kappa shape index (κ1) is 19.8. The zero-order chi connectivity index (χ0) is 17.5. The van der Waals surface area contributed by atoms with Crippen molar-refractivity contribution >= 4 is 35.9 Å². The molecule has 0 spiro atoms. The molecule has 1 aromatic heterocycles. The molecule has 9 heteroatoms. The van der Waals surface area contributed by atoms with Crippen LogP contribution in [0.1, 0.15) is 33.5 Å². The highest BCUT2D eigenvalue weighted by molar-refractivity contribution is 8.15. The molecule has 0 saturated heterocycles. The number of nitrogens with one attached hydrogen (secondary N) is 1. The summed E-state index contributed by atoms with van der Waals surface area (Å²) in [4.78, 5) is 10.6. The summed E-state index contributed by atoms with van der Waals surface area (Å²) in [7, 11) is 0. The van der Waals surface area contributed by atoms with Gasteiger partial charge in [0.05, 0.1) is 6.21 Å². The van der Waals surface area contributed by atoms with Gasteiger partial charge in [-0.05, 0) is 12.1 Å². The summed E-state index contributed by atoms with van der Waals surface area (Å²) >= 11 is 6.11. The zero-order valence-corrected chi connectivity index (χ0v) is 15.9. The van der Waals surface area contributed by atoms with E-state index in [0.717, 1.165) is 31.7 Å². The number of furan rings is 1. The first-order valence-electron chi connectivity index (χ1n) is 7.73. The molecule has 2 amide bonds. The molecule has 0 saturated carbocycles. The van der Waals surface area contributed by atoms with Crippen LogP contribution in [0.5, 0.6) is 0 Å². The number of urea groups is 1. The maximum Gasteiger partial charge on any atom is 0.332 e. The van der Waals surface area contributed by atoms with Crippen LogP contribution in [0.3, 0.4) is 0 Å². The van der Waals surface area contributed by atoms with Crippen LogP contribution >= 0.6 is 6.34 Å². The van der Waals surface area contributed by atoms with Crippen LogP contribution in [0.25, 0.3) is 0 Å². The highest BCUT2D eigenvalue weighted by Gasteiger charge is 2.34. The molecule has 0 aliphatic heterocycles. The Balaban J connectivity index is 3.18. The summed E-state index contributed by atoms with van der Waals surface area (Å²) in [6.45, 7) is 11.9.